The third-order valence-electron chi connectivity index (χ3n) is 4.97. The minimum Gasteiger partial charge on any atom is -0.508 e. The molecule has 0 saturated carbocycles. The molecule has 4 aromatic rings. The molecule has 0 unspecified atom stereocenters. The largest absolute Gasteiger partial charge is 0.508 e. The molecule has 0 bridgehead atoms. The number of carbonyl (C=O) groups is 1. The third-order valence-corrected chi connectivity index (χ3v) is 4.97. The number of phenols is 1. The fraction of sp³-hybridized carbons (Fsp3) is 0.167. The number of aromatic nitrogens is 1. The highest BCUT2D eigenvalue weighted by molar-refractivity contribution is 8.06. The lowest BCUT2D eigenvalue weighted by molar-refractivity contribution is 0.0912. The van der Waals surface area contributed by atoms with Crippen LogP contribution >= 0.6 is 12.5 Å². The molecule has 0 radical (unpaired) electrons. The molecule has 3 aromatic carbocycles. The molecule has 4 rings (SSSR count). The minimum atomic E-state index is -0.636. The van der Waals surface area contributed by atoms with Crippen molar-refractivity contribution in [2.75, 3.05) is 0 Å². The zero-order chi connectivity index (χ0) is 24.2. The monoisotopic (exact) mass is 435 g/mol. The van der Waals surface area contributed by atoms with Crippen molar-refractivity contribution in [1.82, 2.24) is 10.3 Å². The summed E-state index contributed by atoms with van der Waals surface area (Å²) in [6, 6.07) is 19.4. The predicted octanol–water partition coefficient (Wildman–Crippen LogP) is 4.37. The van der Waals surface area contributed by atoms with Gasteiger partial charge in [0.15, 0.2) is 12.0 Å². The Morgan fingerprint density at radius 1 is 1.13 bits per heavy atom. The van der Waals surface area contributed by atoms with E-state index < -0.39 is 5.54 Å². The molecule has 1 amide bonds. The highest BCUT2D eigenvalue weighted by Crippen LogP contribution is 2.23. The Balaban J connectivity index is 0.000000709. The van der Waals surface area contributed by atoms with E-state index in [1.807, 2.05) is 44.2 Å². The molecule has 158 valence electrons. The maximum absolute atomic E-state index is 12.9. The summed E-state index contributed by atoms with van der Waals surface area (Å²) in [6.45, 7) is 5.28. The minimum absolute atomic E-state index is 0.0571. The van der Waals surface area contributed by atoms with E-state index in [9.17, 15) is 9.59 Å². The zero-order valence-electron chi connectivity index (χ0n) is 19.6. The van der Waals surface area contributed by atoms with Crippen LogP contribution in [-0.4, -0.2) is 25.3 Å². The number of phenolic OH excluding ortho intramolecular Hbond substituents is 1. The Kier molecular flexibility index (Phi) is 5.93. The first kappa shape index (κ1) is 19.8. The summed E-state index contributed by atoms with van der Waals surface area (Å²) >= 11 is 3.63. The lowest BCUT2D eigenvalue weighted by atomic mass is 9.93. The van der Waals surface area contributed by atoms with Crippen LogP contribution in [0, 0.1) is 0 Å². The molecule has 0 atom stereocenters. The number of H-pyrrole nitrogens is 1. The Labute approximate surface area is 189 Å². The average molecular weight is 435 g/mol. The maximum Gasteiger partial charge on any atom is 0.293 e. The molecule has 5 nitrogen and oxygen atoms in total. The molecule has 0 saturated heterocycles. The number of hydrogen-bond acceptors (Lipinski definition) is 4. The van der Waals surface area contributed by atoms with Crippen molar-refractivity contribution in [1.29, 1.82) is 2.77 Å². The number of benzene rings is 3. The number of rotatable bonds is 4. The van der Waals surface area contributed by atoms with Gasteiger partial charge >= 0.3 is 0 Å². The fourth-order valence-electron chi connectivity index (χ4n) is 3.37. The molecule has 0 fully saturated rings. The first-order chi connectivity index (χ1) is 15.6. The van der Waals surface area contributed by atoms with E-state index in [4.69, 9.17) is 2.77 Å². The second kappa shape index (κ2) is 9.31. The summed E-state index contributed by atoms with van der Waals surface area (Å²) in [7, 11) is 0. The van der Waals surface area contributed by atoms with Gasteiger partial charge in [0.1, 0.15) is 5.75 Å². The molecule has 7 heteroatoms. The Hall–Kier alpha value is -3.19. The van der Waals surface area contributed by atoms with Crippen LogP contribution in [0.3, 0.4) is 0 Å². The van der Waals surface area contributed by atoms with Crippen molar-refractivity contribution in [2.24, 2.45) is 0 Å². The number of nitrogens with one attached hydrogen (secondary N) is 2. The molecule has 31 heavy (non-hydrogen) atoms. The van der Waals surface area contributed by atoms with E-state index in [0.717, 1.165) is 11.1 Å². The van der Waals surface area contributed by atoms with Gasteiger partial charge in [0.25, 0.3) is 7.34 Å². The van der Waals surface area contributed by atoms with Gasteiger partial charge in [-0.25, -0.2) is 12.5 Å². The number of amides is 1. The lowest BCUT2D eigenvalue weighted by Gasteiger charge is -2.27. The van der Waals surface area contributed by atoms with Crippen LogP contribution in [0.5, 0.6) is 5.75 Å². The summed E-state index contributed by atoms with van der Waals surface area (Å²) in [5, 5.41) is 8.64. The average Bonchev–Trinajstić information content (AvgIpc) is 2.78. The highest BCUT2D eigenvalue weighted by atomic mass is 32.1. The molecule has 0 aliphatic heterocycles. The number of carbonyl (C=O) groups excluding carboxylic acids is 1. The topological polar surface area (TPSA) is 82.2 Å². The smallest absolute Gasteiger partial charge is 0.293 e. The zero-order valence-corrected chi connectivity index (χ0v) is 18.5. The van der Waals surface area contributed by atoms with Crippen molar-refractivity contribution < 1.29 is 9.90 Å². The number of pyridine rings is 1. The van der Waals surface area contributed by atoms with Gasteiger partial charge in [0.2, 0.25) is 0 Å². The van der Waals surface area contributed by atoms with Gasteiger partial charge in [-0.15, -0.1) is 0 Å². The van der Waals surface area contributed by atoms with E-state index in [0.29, 0.717) is 27.6 Å². The number of para-hydroxylation sites is 1. The van der Waals surface area contributed by atoms with Gasteiger partial charge in [-0.2, -0.15) is 0 Å². The standard InChI is InChI=1S/C23H20N2O3.CH5BS/c1-23(2,15-8-10-16(26)11-9-15)25-22(28)14-7-12-18-20(13-14)24-19-6-4-3-5-17(19)21(18)27;1-2-3/h3-13,26H,1-2H3,(H,24,27)(H,25,28);2-3H,1H3/i;2D/hT. The van der Waals surface area contributed by atoms with Gasteiger partial charge in [-0.05, 0) is 63.2 Å². The summed E-state index contributed by atoms with van der Waals surface area (Å²) in [6.07, 6.45) is 0. The van der Waals surface area contributed by atoms with Crippen LogP contribution < -0.4 is 10.7 Å². The molecule has 0 spiro atoms. The van der Waals surface area contributed by atoms with Gasteiger partial charge < -0.3 is 15.4 Å². The van der Waals surface area contributed by atoms with Crippen LogP contribution in [0.4, 0.5) is 0 Å². The summed E-state index contributed by atoms with van der Waals surface area (Å²) in [4.78, 5) is 28.8. The Morgan fingerprint density at radius 3 is 2.45 bits per heavy atom. The highest BCUT2D eigenvalue weighted by Gasteiger charge is 2.23. The second-order valence-corrected chi connectivity index (χ2v) is 8.14. The van der Waals surface area contributed by atoms with Crippen LogP contribution in [0.2, 0.25) is 6.82 Å². The Morgan fingerprint density at radius 2 is 1.77 bits per heavy atom. The molecule has 0 aliphatic rings. The fourth-order valence-corrected chi connectivity index (χ4v) is 3.37. The number of thiol groups is 1. The lowest BCUT2D eigenvalue weighted by Crippen LogP contribution is -2.40. The normalized spacial score (nSPS) is 11.7. The van der Waals surface area contributed by atoms with Gasteiger partial charge in [0, 0.05) is 21.9 Å². The van der Waals surface area contributed by atoms with Crippen LogP contribution in [-0.2, 0) is 5.54 Å². The summed E-state index contributed by atoms with van der Waals surface area (Å²) < 4.78 is 13.4. The van der Waals surface area contributed by atoms with Crippen molar-refractivity contribution >= 4 is 46.7 Å². The Bertz CT molecular complexity index is 1340. The molecule has 0 aliphatic carbocycles. The van der Waals surface area contributed by atoms with E-state index in [-0.39, 0.29) is 17.9 Å². The third kappa shape index (κ3) is 4.94. The first-order valence-corrected chi connectivity index (χ1v) is 10.4. The van der Waals surface area contributed by atoms with Crippen molar-refractivity contribution in [3.05, 3.63) is 88.1 Å². The van der Waals surface area contributed by atoms with Crippen molar-refractivity contribution in [3.63, 3.8) is 0 Å². The summed E-state index contributed by atoms with van der Waals surface area (Å²) in [5.41, 5.74) is 2.01. The van der Waals surface area contributed by atoms with Crippen molar-refractivity contribution in [3.8, 4) is 5.75 Å². The number of fused-ring (bicyclic) bond motifs is 2. The number of aromatic amines is 1. The molecule has 1 heterocycles. The number of aromatic hydroxyl groups is 1. The van der Waals surface area contributed by atoms with E-state index in [1.165, 1.54) is 0 Å². The van der Waals surface area contributed by atoms with Crippen LogP contribution in [0.1, 0.15) is 29.8 Å². The quantitative estimate of drug-likeness (QED) is 0.218. The van der Waals surface area contributed by atoms with E-state index >= 15 is 0 Å². The maximum atomic E-state index is 12.9. The number of hydrogen-bond donors (Lipinski definition) is 4. The van der Waals surface area contributed by atoms with E-state index in [1.54, 1.807) is 43.2 Å². The van der Waals surface area contributed by atoms with Crippen LogP contribution in [0.15, 0.2) is 71.5 Å². The van der Waals surface area contributed by atoms with Gasteiger partial charge in [-0.3, -0.25) is 9.59 Å². The van der Waals surface area contributed by atoms with E-state index in [2.05, 4.69) is 27.9 Å². The molecular weight excluding hydrogens is 407 g/mol. The first-order valence-electron chi connectivity index (χ1n) is 10.8. The van der Waals surface area contributed by atoms with Gasteiger partial charge in [-0.1, -0.05) is 31.1 Å². The predicted molar refractivity (Wildman–Crippen MR) is 133 cm³/mol. The summed E-state index contributed by atoms with van der Waals surface area (Å²) in [5.74, 6) is 0.188. The second-order valence-electron chi connectivity index (χ2n) is 7.62. The molecular formula is C24H25BN2O3S. The van der Waals surface area contributed by atoms with Crippen LogP contribution in [0.25, 0.3) is 21.8 Å². The SMILES string of the molecule is [2H]B(C)S.[3H]Oc1ccc(C(C)(C)NC(=O)c2ccc3c(=O)c4ccccc4[nH]c3c2)cc1. The van der Waals surface area contributed by atoms with Crippen molar-refractivity contribution in [2.45, 2.75) is 26.2 Å². The molecule has 3 N–H and O–H groups in total. The van der Waals surface area contributed by atoms with Gasteiger partial charge in [0.05, 0.1) is 11.1 Å². The molecule has 1 aromatic heterocycles.